The number of phenolic OH excluding ortho intramolecular Hbond substituents is 2. The van der Waals surface area contributed by atoms with Crippen LogP contribution in [0.4, 0.5) is 0 Å². The van der Waals surface area contributed by atoms with Gasteiger partial charge in [-0.2, -0.15) is 0 Å². The molecule has 0 aliphatic carbocycles. The zero-order valence-electron chi connectivity index (χ0n) is 15.4. The third-order valence-electron chi connectivity index (χ3n) is 4.42. The third kappa shape index (κ3) is 4.23. The van der Waals surface area contributed by atoms with Gasteiger partial charge < -0.3 is 20.3 Å². The second-order valence-corrected chi connectivity index (χ2v) is 6.41. The lowest BCUT2D eigenvalue weighted by atomic mass is 10.0. The Labute approximate surface area is 162 Å². The molecule has 3 aromatic carbocycles. The SMILES string of the molecule is C[C@H](OC(=O)c1cc(O)c2ccccc2c1O)C(=O)NCCc1ccccc1. The number of aromatic hydroxyl groups is 2. The van der Waals surface area contributed by atoms with Crippen molar-refractivity contribution < 1.29 is 24.5 Å². The topological polar surface area (TPSA) is 95.9 Å². The fourth-order valence-electron chi connectivity index (χ4n) is 2.89. The summed E-state index contributed by atoms with van der Waals surface area (Å²) in [5, 5.41) is 23.9. The van der Waals surface area contributed by atoms with Crippen LogP contribution in [0, 0.1) is 0 Å². The van der Waals surface area contributed by atoms with E-state index < -0.39 is 18.0 Å². The van der Waals surface area contributed by atoms with Gasteiger partial charge in [0.1, 0.15) is 17.1 Å². The smallest absolute Gasteiger partial charge is 0.342 e. The molecule has 0 saturated carbocycles. The summed E-state index contributed by atoms with van der Waals surface area (Å²) in [6.07, 6.45) is -0.386. The van der Waals surface area contributed by atoms with E-state index in [0.717, 1.165) is 11.6 Å². The Morgan fingerprint density at radius 1 is 1.00 bits per heavy atom. The molecular formula is C22H21NO5. The highest BCUT2D eigenvalue weighted by molar-refractivity contribution is 6.04. The monoisotopic (exact) mass is 379 g/mol. The van der Waals surface area contributed by atoms with Crippen molar-refractivity contribution in [1.82, 2.24) is 5.32 Å². The van der Waals surface area contributed by atoms with E-state index in [1.807, 2.05) is 30.3 Å². The van der Waals surface area contributed by atoms with Crippen molar-refractivity contribution >= 4 is 22.6 Å². The number of ether oxygens (including phenoxy) is 1. The van der Waals surface area contributed by atoms with E-state index in [4.69, 9.17) is 4.74 Å². The van der Waals surface area contributed by atoms with Crippen molar-refractivity contribution in [1.29, 1.82) is 0 Å². The van der Waals surface area contributed by atoms with Crippen LogP contribution in [-0.2, 0) is 16.0 Å². The number of carbonyl (C=O) groups excluding carboxylic acids is 2. The van der Waals surface area contributed by atoms with Gasteiger partial charge in [0.05, 0.1) is 0 Å². The van der Waals surface area contributed by atoms with E-state index in [2.05, 4.69) is 5.32 Å². The maximum Gasteiger partial charge on any atom is 0.342 e. The van der Waals surface area contributed by atoms with Crippen LogP contribution in [0.3, 0.4) is 0 Å². The second-order valence-electron chi connectivity index (χ2n) is 6.41. The first kappa shape index (κ1) is 19.2. The predicted molar refractivity (Wildman–Crippen MR) is 105 cm³/mol. The average Bonchev–Trinajstić information content (AvgIpc) is 2.71. The molecule has 0 radical (unpaired) electrons. The molecule has 1 amide bonds. The molecule has 28 heavy (non-hydrogen) atoms. The molecule has 144 valence electrons. The van der Waals surface area contributed by atoms with Gasteiger partial charge in [0.2, 0.25) is 0 Å². The molecule has 6 nitrogen and oxygen atoms in total. The predicted octanol–water partition coefficient (Wildman–Crippen LogP) is 3.16. The Bertz CT molecular complexity index is 1000. The van der Waals surface area contributed by atoms with Gasteiger partial charge in [-0.3, -0.25) is 4.79 Å². The number of carbonyl (C=O) groups is 2. The Morgan fingerprint density at radius 3 is 2.36 bits per heavy atom. The summed E-state index contributed by atoms with van der Waals surface area (Å²) in [6.45, 7) is 1.86. The third-order valence-corrected chi connectivity index (χ3v) is 4.42. The molecule has 0 aliphatic heterocycles. The normalized spacial score (nSPS) is 11.8. The number of hydrogen-bond donors (Lipinski definition) is 3. The molecular weight excluding hydrogens is 358 g/mol. The lowest BCUT2D eigenvalue weighted by Gasteiger charge is -2.15. The molecule has 0 aliphatic rings. The van der Waals surface area contributed by atoms with E-state index in [9.17, 15) is 19.8 Å². The first-order valence-electron chi connectivity index (χ1n) is 8.93. The Kier molecular flexibility index (Phi) is 5.79. The van der Waals surface area contributed by atoms with Gasteiger partial charge in [-0.05, 0) is 25.0 Å². The first-order chi connectivity index (χ1) is 13.5. The van der Waals surface area contributed by atoms with E-state index in [-0.39, 0.29) is 17.1 Å². The minimum Gasteiger partial charge on any atom is -0.507 e. The summed E-state index contributed by atoms with van der Waals surface area (Å²) in [7, 11) is 0. The number of benzene rings is 3. The highest BCUT2D eigenvalue weighted by Crippen LogP contribution is 2.35. The van der Waals surface area contributed by atoms with Crippen molar-refractivity contribution in [2.24, 2.45) is 0 Å². The van der Waals surface area contributed by atoms with Gasteiger partial charge in [-0.1, -0.05) is 54.6 Å². The molecule has 1 atom stereocenters. The Morgan fingerprint density at radius 2 is 1.64 bits per heavy atom. The molecule has 0 spiro atoms. The molecule has 6 heteroatoms. The van der Waals surface area contributed by atoms with Crippen LogP contribution < -0.4 is 5.32 Å². The number of fused-ring (bicyclic) bond motifs is 1. The second kappa shape index (κ2) is 8.43. The highest BCUT2D eigenvalue weighted by atomic mass is 16.5. The van der Waals surface area contributed by atoms with Gasteiger partial charge in [-0.15, -0.1) is 0 Å². The first-order valence-corrected chi connectivity index (χ1v) is 8.93. The Hall–Kier alpha value is -3.54. The van der Waals surface area contributed by atoms with Crippen LogP contribution in [0.5, 0.6) is 11.5 Å². The maximum absolute atomic E-state index is 12.4. The van der Waals surface area contributed by atoms with Crippen molar-refractivity contribution in [3.8, 4) is 11.5 Å². The minimum absolute atomic E-state index is 0.152. The highest BCUT2D eigenvalue weighted by Gasteiger charge is 2.23. The largest absolute Gasteiger partial charge is 0.507 e. The lowest BCUT2D eigenvalue weighted by Crippen LogP contribution is -2.36. The number of amides is 1. The summed E-state index contributed by atoms with van der Waals surface area (Å²) in [4.78, 5) is 24.6. The summed E-state index contributed by atoms with van der Waals surface area (Å²) in [6, 6.07) is 17.4. The summed E-state index contributed by atoms with van der Waals surface area (Å²) in [5.74, 6) is -1.77. The van der Waals surface area contributed by atoms with Gasteiger partial charge in [-0.25, -0.2) is 4.79 Å². The molecule has 3 rings (SSSR count). The number of rotatable bonds is 6. The summed E-state index contributed by atoms with van der Waals surface area (Å²) in [5.41, 5.74) is 0.893. The molecule has 0 aromatic heterocycles. The van der Waals surface area contributed by atoms with Crippen LogP contribution in [-0.4, -0.2) is 34.7 Å². The number of hydrogen-bond acceptors (Lipinski definition) is 5. The fourth-order valence-corrected chi connectivity index (χ4v) is 2.89. The van der Waals surface area contributed by atoms with Crippen LogP contribution >= 0.6 is 0 Å². The summed E-state index contributed by atoms with van der Waals surface area (Å²) >= 11 is 0. The number of nitrogens with one attached hydrogen (secondary N) is 1. The fraction of sp³-hybridized carbons (Fsp3) is 0.182. The van der Waals surface area contributed by atoms with Gasteiger partial charge >= 0.3 is 5.97 Å². The van der Waals surface area contributed by atoms with Crippen molar-refractivity contribution in [3.63, 3.8) is 0 Å². The molecule has 0 bridgehead atoms. The standard InChI is InChI=1S/C22H21NO5/c1-14(21(26)23-12-11-15-7-3-2-4-8-15)28-22(27)18-13-19(24)16-9-5-6-10-17(16)20(18)25/h2-10,13-14,24-25H,11-12H2,1H3,(H,23,26)/t14-/m0/s1. The maximum atomic E-state index is 12.4. The van der Waals surface area contributed by atoms with Crippen LogP contribution in [0.1, 0.15) is 22.8 Å². The molecule has 3 aromatic rings. The minimum atomic E-state index is -1.05. The van der Waals surface area contributed by atoms with Crippen LogP contribution in [0.25, 0.3) is 10.8 Å². The quantitative estimate of drug-likeness (QED) is 0.452. The zero-order chi connectivity index (χ0) is 20.1. The van der Waals surface area contributed by atoms with E-state index >= 15 is 0 Å². The molecule has 0 unspecified atom stereocenters. The molecule has 0 saturated heterocycles. The summed E-state index contributed by atoms with van der Waals surface area (Å²) < 4.78 is 5.16. The lowest BCUT2D eigenvalue weighted by molar-refractivity contribution is -0.129. The molecule has 0 heterocycles. The molecule has 0 fully saturated rings. The van der Waals surface area contributed by atoms with Crippen LogP contribution in [0.2, 0.25) is 0 Å². The molecule has 3 N–H and O–H groups in total. The van der Waals surface area contributed by atoms with E-state index in [0.29, 0.717) is 23.7 Å². The van der Waals surface area contributed by atoms with Gasteiger partial charge in [0.15, 0.2) is 6.10 Å². The van der Waals surface area contributed by atoms with E-state index in [1.54, 1.807) is 24.3 Å². The van der Waals surface area contributed by atoms with Crippen molar-refractivity contribution in [2.75, 3.05) is 6.54 Å². The number of esters is 1. The zero-order valence-corrected chi connectivity index (χ0v) is 15.4. The van der Waals surface area contributed by atoms with Crippen molar-refractivity contribution in [3.05, 3.63) is 71.8 Å². The van der Waals surface area contributed by atoms with Crippen molar-refractivity contribution in [2.45, 2.75) is 19.4 Å². The Balaban J connectivity index is 1.63. The van der Waals surface area contributed by atoms with Gasteiger partial charge in [0.25, 0.3) is 5.91 Å². The average molecular weight is 379 g/mol. The van der Waals surface area contributed by atoms with Crippen LogP contribution in [0.15, 0.2) is 60.7 Å². The van der Waals surface area contributed by atoms with Gasteiger partial charge in [0, 0.05) is 17.3 Å². The van der Waals surface area contributed by atoms with E-state index in [1.165, 1.54) is 6.92 Å². The number of phenols is 2.